The van der Waals surface area contributed by atoms with Crippen LogP contribution in [0, 0.1) is 5.92 Å². The van der Waals surface area contributed by atoms with Crippen molar-refractivity contribution in [3.63, 3.8) is 0 Å². The quantitative estimate of drug-likeness (QED) is 0.337. The first-order valence-electron chi connectivity index (χ1n) is 7.75. The molecule has 1 aliphatic carbocycles. The van der Waals surface area contributed by atoms with Crippen molar-refractivity contribution >= 4 is 24.1 Å². The number of hydrogen-bond acceptors (Lipinski definition) is 4. The number of nitrogens with zero attached hydrogens (tertiary/aromatic N) is 1. The zero-order valence-corrected chi connectivity index (χ0v) is 12.9. The normalized spacial score (nSPS) is 15.9. The van der Waals surface area contributed by atoms with Crippen LogP contribution in [0.3, 0.4) is 0 Å². The molecule has 23 heavy (non-hydrogen) atoms. The summed E-state index contributed by atoms with van der Waals surface area (Å²) >= 11 is 0. The third kappa shape index (κ3) is 5.67. The molecule has 0 saturated heterocycles. The summed E-state index contributed by atoms with van der Waals surface area (Å²) in [5.41, 5.74) is 5.29. The lowest BCUT2D eigenvalue weighted by atomic mass is 9.90. The average molecular weight is 315 g/mol. The molecule has 0 radical (unpaired) electrons. The number of nitrogens with one attached hydrogen (secondary N) is 2. The Morgan fingerprint density at radius 2 is 1.83 bits per heavy atom. The zero-order chi connectivity index (χ0) is 16.5. The lowest BCUT2D eigenvalue weighted by Crippen LogP contribution is -2.19. The lowest BCUT2D eigenvalue weighted by molar-refractivity contribution is -0.124. The van der Waals surface area contributed by atoms with Crippen molar-refractivity contribution in [3.05, 3.63) is 41.5 Å². The largest absolute Gasteiger partial charge is 0.288 e. The number of carbonyl (C=O) groups excluding carboxylic acids is 2. The fourth-order valence-corrected chi connectivity index (χ4v) is 2.50. The molecule has 0 unspecified atom stereocenters. The number of hydrazone groups is 1. The summed E-state index contributed by atoms with van der Waals surface area (Å²) in [6, 6.07) is 6.73. The SMILES string of the molecule is O=C(/C=C/c1ccc(C(=O)N/N=C/C2CCCCC2)cc1)NO. The van der Waals surface area contributed by atoms with Crippen LogP contribution in [0.25, 0.3) is 6.08 Å². The Bertz CT molecular complexity index is 588. The van der Waals surface area contributed by atoms with E-state index in [9.17, 15) is 9.59 Å². The van der Waals surface area contributed by atoms with Gasteiger partial charge in [0.05, 0.1) is 0 Å². The van der Waals surface area contributed by atoms with Crippen LogP contribution in [-0.2, 0) is 4.79 Å². The van der Waals surface area contributed by atoms with Gasteiger partial charge in [-0.25, -0.2) is 10.9 Å². The van der Waals surface area contributed by atoms with Crippen LogP contribution < -0.4 is 10.9 Å². The lowest BCUT2D eigenvalue weighted by Gasteiger charge is -2.16. The van der Waals surface area contributed by atoms with Crippen LogP contribution in [0.5, 0.6) is 0 Å². The highest BCUT2D eigenvalue weighted by atomic mass is 16.5. The van der Waals surface area contributed by atoms with Crippen molar-refractivity contribution < 1.29 is 14.8 Å². The minimum Gasteiger partial charge on any atom is -0.288 e. The Hall–Kier alpha value is -2.47. The van der Waals surface area contributed by atoms with Gasteiger partial charge in [0.15, 0.2) is 0 Å². The molecular formula is C17H21N3O3. The molecule has 1 aliphatic rings. The second kappa shape index (κ2) is 8.85. The second-order valence-corrected chi connectivity index (χ2v) is 5.55. The fraction of sp³-hybridized carbons (Fsp3) is 0.353. The van der Waals surface area contributed by atoms with Gasteiger partial charge >= 0.3 is 0 Å². The molecule has 6 heteroatoms. The smallest absolute Gasteiger partial charge is 0.271 e. The van der Waals surface area contributed by atoms with E-state index in [-0.39, 0.29) is 5.91 Å². The Morgan fingerprint density at radius 1 is 1.13 bits per heavy atom. The van der Waals surface area contributed by atoms with Gasteiger partial charge < -0.3 is 0 Å². The summed E-state index contributed by atoms with van der Waals surface area (Å²) in [7, 11) is 0. The Labute approximate surface area is 135 Å². The zero-order valence-electron chi connectivity index (χ0n) is 12.9. The van der Waals surface area contributed by atoms with Crippen LogP contribution >= 0.6 is 0 Å². The van der Waals surface area contributed by atoms with Crippen molar-refractivity contribution in [1.82, 2.24) is 10.9 Å². The van der Waals surface area contributed by atoms with E-state index < -0.39 is 5.91 Å². The predicted octanol–water partition coefficient (Wildman–Crippen LogP) is 2.50. The molecule has 1 fully saturated rings. The minimum atomic E-state index is -0.608. The van der Waals surface area contributed by atoms with Crippen molar-refractivity contribution in [2.45, 2.75) is 32.1 Å². The van der Waals surface area contributed by atoms with Gasteiger partial charge in [-0.15, -0.1) is 0 Å². The average Bonchev–Trinajstić information content (AvgIpc) is 2.61. The number of rotatable bonds is 5. The highest BCUT2D eigenvalue weighted by Crippen LogP contribution is 2.21. The van der Waals surface area contributed by atoms with Gasteiger partial charge in [-0.3, -0.25) is 14.8 Å². The first kappa shape index (κ1) is 16.9. The Balaban J connectivity index is 1.86. The Morgan fingerprint density at radius 3 is 2.48 bits per heavy atom. The van der Waals surface area contributed by atoms with Gasteiger partial charge in [0, 0.05) is 17.9 Å². The highest BCUT2D eigenvalue weighted by molar-refractivity contribution is 5.95. The molecule has 6 nitrogen and oxygen atoms in total. The first-order valence-corrected chi connectivity index (χ1v) is 7.75. The van der Waals surface area contributed by atoms with Crippen LogP contribution in [-0.4, -0.2) is 23.2 Å². The molecule has 2 rings (SSSR count). The van der Waals surface area contributed by atoms with E-state index in [1.807, 2.05) is 6.21 Å². The van der Waals surface area contributed by atoms with Gasteiger partial charge in [-0.2, -0.15) is 5.10 Å². The summed E-state index contributed by atoms with van der Waals surface area (Å²) in [6.07, 6.45) is 10.6. The van der Waals surface area contributed by atoms with Crippen LogP contribution in [0.15, 0.2) is 35.4 Å². The highest BCUT2D eigenvalue weighted by Gasteiger charge is 2.11. The third-order valence-corrected chi connectivity index (χ3v) is 3.81. The van der Waals surface area contributed by atoms with E-state index in [0.717, 1.165) is 18.4 Å². The molecule has 0 aliphatic heterocycles. The maximum Gasteiger partial charge on any atom is 0.271 e. The van der Waals surface area contributed by atoms with Gasteiger partial charge in [-0.1, -0.05) is 31.4 Å². The molecule has 0 spiro atoms. The number of benzene rings is 1. The molecule has 0 bridgehead atoms. The van der Waals surface area contributed by atoms with Crippen molar-refractivity contribution in [1.29, 1.82) is 0 Å². The predicted molar refractivity (Wildman–Crippen MR) is 87.9 cm³/mol. The molecule has 1 aromatic rings. The summed E-state index contributed by atoms with van der Waals surface area (Å²) in [5, 5.41) is 12.4. The number of hydroxylamine groups is 1. The molecule has 1 aromatic carbocycles. The summed E-state index contributed by atoms with van der Waals surface area (Å²) in [6.45, 7) is 0. The van der Waals surface area contributed by atoms with Crippen LogP contribution in [0.2, 0.25) is 0 Å². The number of carbonyl (C=O) groups is 2. The van der Waals surface area contributed by atoms with Gasteiger partial charge in [-0.05, 0) is 42.5 Å². The number of hydrogen-bond donors (Lipinski definition) is 3. The van der Waals surface area contributed by atoms with Crippen molar-refractivity contribution in [3.8, 4) is 0 Å². The Kier molecular flexibility index (Phi) is 6.50. The maximum atomic E-state index is 12.0. The third-order valence-electron chi connectivity index (χ3n) is 3.81. The van der Waals surface area contributed by atoms with Gasteiger partial charge in [0.2, 0.25) is 0 Å². The molecule has 0 atom stereocenters. The van der Waals surface area contributed by atoms with Gasteiger partial charge in [0.25, 0.3) is 11.8 Å². The standard InChI is InChI=1S/C17H21N3O3/c21-16(20-23)11-8-13-6-9-15(10-7-13)17(22)19-18-12-14-4-2-1-3-5-14/h6-12,14,23H,1-5H2,(H,19,22)(H,20,21)/b11-8+,18-12+. The maximum absolute atomic E-state index is 12.0. The van der Waals surface area contributed by atoms with Crippen molar-refractivity contribution in [2.75, 3.05) is 0 Å². The number of amides is 2. The molecule has 122 valence electrons. The van der Waals surface area contributed by atoms with E-state index >= 15 is 0 Å². The topological polar surface area (TPSA) is 90.8 Å². The molecule has 2 amide bonds. The molecule has 0 heterocycles. The van der Waals surface area contributed by atoms with Gasteiger partial charge in [0.1, 0.15) is 0 Å². The van der Waals surface area contributed by atoms with Crippen LogP contribution in [0.4, 0.5) is 0 Å². The van der Waals surface area contributed by atoms with E-state index in [1.165, 1.54) is 36.9 Å². The fourth-order valence-electron chi connectivity index (χ4n) is 2.50. The van der Waals surface area contributed by atoms with E-state index in [0.29, 0.717) is 11.5 Å². The monoisotopic (exact) mass is 315 g/mol. The second-order valence-electron chi connectivity index (χ2n) is 5.55. The molecule has 3 N–H and O–H groups in total. The molecule has 1 saturated carbocycles. The summed E-state index contributed by atoms with van der Waals surface area (Å²) in [4.78, 5) is 22.9. The summed E-state index contributed by atoms with van der Waals surface area (Å²) < 4.78 is 0. The molecular weight excluding hydrogens is 294 g/mol. The van der Waals surface area contributed by atoms with Crippen LogP contribution in [0.1, 0.15) is 48.0 Å². The van der Waals surface area contributed by atoms with E-state index in [1.54, 1.807) is 24.3 Å². The van der Waals surface area contributed by atoms with E-state index in [4.69, 9.17) is 5.21 Å². The molecule has 0 aromatic heterocycles. The van der Waals surface area contributed by atoms with Crippen molar-refractivity contribution in [2.24, 2.45) is 11.0 Å². The first-order chi connectivity index (χ1) is 11.2. The van der Waals surface area contributed by atoms with E-state index in [2.05, 4.69) is 10.5 Å². The summed E-state index contributed by atoms with van der Waals surface area (Å²) in [5.74, 6) is -0.404. The minimum absolute atomic E-state index is 0.263.